The lowest BCUT2D eigenvalue weighted by molar-refractivity contribution is -0.137. The molecule has 2 aliphatic rings. The van der Waals surface area contributed by atoms with Gasteiger partial charge in [-0.3, -0.25) is 4.79 Å². The minimum atomic E-state index is -0.899. The molecule has 5 nitrogen and oxygen atoms in total. The highest BCUT2D eigenvalue weighted by molar-refractivity contribution is 5.69. The second-order valence-electron chi connectivity index (χ2n) is 5.38. The number of carboxylic acids is 1. The van der Waals surface area contributed by atoms with Crippen molar-refractivity contribution in [1.82, 2.24) is 0 Å². The first-order valence-electron chi connectivity index (χ1n) is 6.99. The Morgan fingerprint density at radius 2 is 2.19 bits per heavy atom. The van der Waals surface area contributed by atoms with Crippen molar-refractivity contribution < 1.29 is 28.5 Å². The molecular formula is C15H17FO5. The van der Waals surface area contributed by atoms with E-state index in [1.807, 2.05) is 0 Å². The average Bonchev–Trinajstić information content (AvgIpc) is 3.29. The van der Waals surface area contributed by atoms with E-state index in [0.717, 1.165) is 12.8 Å². The summed E-state index contributed by atoms with van der Waals surface area (Å²) >= 11 is 0. The van der Waals surface area contributed by atoms with Crippen LogP contribution in [-0.2, 0) is 4.79 Å². The first-order valence-corrected chi connectivity index (χ1v) is 6.99. The highest BCUT2D eigenvalue weighted by atomic mass is 19.1. The van der Waals surface area contributed by atoms with Crippen LogP contribution in [0.3, 0.4) is 0 Å². The Balaban J connectivity index is 2.07. The fraction of sp³-hybridized carbons (Fsp3) is 0.533. The van der Waals surface area contributed by atoms with Crippen molar-refractivity contribution >= 4 is 5.97 Å². The standard InChI is InChI=1S/C15H17FO5/c1-19-14-10(9(7-12(17)18)8-2-3-8)6-11-15(13(14)16)21-5-4-20-11/h6,8-9H,2-5,7H2,1H3,(H,17,18). The zero-order valence-electron chi connectivity index (χ0n) is 11.7. The van der Waals surface area contributed by atoms with Gasteiger partial charge in [-0.25, -0.2) is 0 Å². The molecule has 21 heavy (non-hydrogen) atoms. The van der Waals surface area contributed by atoms with E-state index in [1.54, 1.807) is 6.07 Å². The molecular weight excluding hydrogens is 279 g/mol. The summed E-state index contributed by atoms with van der Waals surface area (Å²) in [6, 6.07) is 1.67. The van der Waals surface area contributed by atoms with E-state index in [4.69, 9.17) is 19.3 Å². The van der Waals surface area contributed by atoms with Crippen LogP contribution in [0, 0.1) is 11.7 Å². The van der Waals surface area contributed by atoms with Gasteiger partial charge in [0.1, 0.15) is 13.2 Å². The number of aliphatic carboxylic acids is 1. The minimum Gasteiger partial charge on any atom is -0.493 e. The highest BCUT2D eigenvalue weighted by Gasteiger charge is 2.37. The largest absolute Gasteiger partial charge is 0.493 e. The monoisotopic (exact) mass is 296 g/mol. The van der Waals surface area contributed by atoms with Gasteiger partial charge in [-0.2, -0.15) is 4.39 Å². The zero-order valence-corrected chi connectivity index (χ0v) is 11.7. The molecule has 1 heterocycles. The molecule has 1 aliphatic carbocycles. The lowest BCUT2D eigenvalue weighted by Crippen LogP contribution is -2.18. The molecule has 1 N–H and O–H groups in total. The summed E-state index contributed by atoms with van der Waals surface area (Å²) in [5.74, 6) is -1.07. The third kappa shape index (κ3) is 2.62. The van der Waals surface area contributed by atoms with Crippen LogP contribution in [-0.4, -0.2) is 31.4 Å². The van der Waals surface area contributed by atoms with Crippen molar-refractivity contribution in [3.8, 4) is 17.2 Å². The quantitative estimate of drug-likeness (QED) is 0.904. The van der Waals surface area contributed by atoms with Crippen molar-refractivity contribution in [1.29, 1.82) is 0 Å². The number of halogens is 1. The van der Waals surface area contributed by atoms with E-state index in [-0.39, 0.29) is 36.4 Å². The van der Waals surface area contributed by atoms with Gasteiger partial charge in [-0.15, -0.1) is 0 Å². The predicted octanol–water partition coefficient (Wildman–Crippen LogP) is 2.57. The molecule has 1 saturated carbocycles. The Hall–Kier alpha value is -1.98. The van der Waals surface area contributed by atoms with E-state index in [9.17, 15) is 9.18 Å². The molecule has 1 aromatic carbocycles. The van der Waals surface area contributed by atoms with Gasteiger partial charge in [0.25, 0.3) is 0 Å². The van der Waals surface area contributed by atoms with Crippen LogP contribution in [0.1, 0.15) is 30.7 Å². The van der Waals surface area contributed by atoms with Crippen LogP contribution in [0.5, 0.6) is 17.2 Å². The van der Waals surface area contributed by atoms with E-state index in [0.29, 0.717) is 17.9 Å². The molecule has 0 aromatic heterocycles. The Morgan fingerprint density at radius 3 is 2.81 bits per heavy atom. The van der Waals surface area contributed by atoms with E-state index >= 15 is 0 Å². The van der Waals surface area contributed by atoms with Crippen LogP contribution in [0.2, 0.25) is 0 Å². The summed E-state index contributed by atoms with van der Waals surface area (Å²) in [7, 11) is 1.38. The number of ether oxygens (including phenoxy) is 3. The summed E-state index contributed by atoms with van der Waals surface area (Å²) < 4.78 is 30.4. The van der Waals surface area contributed by atoms with Gasteiger partial charge in [0.15, 0.2) is 11.5 Å². The Morgan fingerprint density at radius 1 is 1.48 bits per heavy atom. The molecule has 1 aliphatic heterocycles. The molecule has 114 valence electrons. The molecule has 1 aromatic rings. The van der Waals surface area contributed by atoms with Gasteiger partial charge >= 0.3 is 5.97 Å². The van der Waals surface area contributed by atoms with Crippen LogP contribution in [0.15, 0.2) is 6.07 Å². The lowest BCUT2D eigenvalue weighted by atomic mass is 9.89. The summed E-state index contributed by atoms with van der Waals surface area (Å²) in [6.45, 7) is 0.638. The molecule has 0 bridgehead atoms. The molecule has 1 fully saturated rings. The molecule has 0 radical (unpaired) electrons. The van der Waals surface area contributed by atoms with Gasteiger partial charge in [0, 0.05) is 11.5 Å². The second kappa shape index (κ2) is 5.42. The van der Waals surface area contributed by atoms with Gasteiger partial charge in [0.2, 0.25) is 11.6 Å². The lowest BCUT2D eigenvalue weighted by Gasteiger charge is -2.24. The Labute approximate surface area is 121 Å². The van der Waals surface area contributed by atoms with Crippen molar-refractivity contribution in [2.45, 2.75) is 25.2 Å². The highest BCUT2D eigenvalue weighted by Crippen LogP contribution is 2.51. The number of benzene rings is 1. The average molecular weight is 296 g/mol. The number of rotatable bonds is 5. The maximum Gasteiger partial charge on any atom is 0.303 e. The second-order valence-corrected chi connectivity index (χ2v) is 5.38. The van der Waals surface area contributed by atoms with Gasteiger partial charge in [0.05, 0.1) is 13.5 Å². The predicted molar refractivity (Wildman–Crippen MR) is 71.7 cm³/mol. The fourth-order valence-corrected chi connectivity index (χ4v) is 2.85. The van der Waals surface area contributed by atoms with Crippen molar-refractivity contribution in [2.75, 3.05) is 20.3 Å². The van der Waals surface area contributed by atoms with E-state index in [1.165, 1.54) is 7.11 Å². The van der Waals surface area contributed by atoms with Crippen LogP contribution in [0.25, 0.3) is 0 Å². The number of hydrogen-bond acceptors (Lipinski definition) is 4. The van der Waals surface area contributed by atoms with Crippen molar-refractivity contribution in [2.24, 2.45) is 5.92 Å². The van der Waals surface area contributed by atoms with Gasteiger partial charge < -0.3 is 19.3 Å². The maximum absolute atomic E-state index is 14.5. The molecule has 0 amide bonds. The van der Waals surface area contributed by atoms with Crippen molar-refractivity contribution in [3.63, 3.8) is 0 Å². The van der Waals surface area contributed by atoms with Gasteiger partial charge in [-0.05, 0) is 24.8 Å². The Kier molecular flexibility index (Phi) is 3.61. The zero-order chi connectivity index (χ0) is 15.0. The molecule has 0 spiro atoms. The first-order chi connectivity index (χ1) is 10.1. The number of methoxy groups -OCH3 is 1. The molecule has 6 heteroatoms. The number of fused-ring (bicyclic) bond motifs is 1. The number of hydrogen-bond donors (Lipinski definition) is 1. The van der Waals surface area contributed by atoms with Crippen LogP contribution < -0.4 is 14.2 Å². The van der Waals surface area contributed by atoms with Crippen LogP contribution >= 0.6 is 0 Å². The molecule has 0 saturated heterocycles. The van der Waals surface area contributed by atoms with Crippen molar-refractivity contribution in [3.05, 3.63) is 17.4 Å². The number of carbonyl (C=O) groups is 1. The van der Waals surface area contributed by atoms with E-state index < -0.39 is 11.8 Å². The first kappa shape index (κ1) is 14.0. The summed E-state index contributed by atoms with van der Waals surface area (Å²) in [6.07, 6.45) is 1.87. The number of carboxylic acid groups (broad SMARTS) is 1. The Bertz CT molecular complexity index is 568. The normalized spacial score (nSPS) is 18.2. The minimum absolute atomic E-state index is 0.0416. The molecule has 1 unspecified atom stereocenters. The topological polar surface area (TPSA) is 65.0 Å². The van der Waals surface area contributed by atoms with Crippen LogP contribution in [0.4, 0.5) is 4.39 Å². The summed E-state index contributed by atoms with van der Waals surface area (Å²) in [5.41, 5.74) is 0.559. The smallest absolute Gasteiger partial charge is 0.303 e. The summed E-state index contributed by atoms with van der Waals surface area (Å²) in [4.78, 5) is 11.1. The summed E-state index contributed by atoms with van der Waals surface area (Å²) in [5, 5.41) is 9.10. The molecule has 1 atom stereocenters. The van der Waals surface area contributed by atoms with Gasteiger partial charge in [-0.1, -0.05) is 0 Å². The molecule has 3 rings (SSSR count). The fourth-order valence-electron chi connectivity index (χ4n) is 2.85. The maximum atomic E-state index is 14.5. The SMILES string of the molecule is COc1c(C(CC(=O)O)C2CC2)cc2c(c1F)OCCO2. The third-order valence-corrected chi connectivity index (χ3v) is 3.95. The van der Waals surface area contributed by atoms with E-state index in [2.05, 4.69) is 0 Å². The third-order valence-electron chi connectivity index (χ3n) is 3.95.